The largest absolute Gasteiger partial charge is 0.482 e. The molecule has 0 atom stereocenters. The Balaban J connectivity index is 1.52. The number of hydrogen-bond acceptors (Lipinski definition) is 4. The summed E-state index contributed by atoms with van der Waals surface area (Å²) in [7, 11) is 0. The van der Waals surface area contributed by atoms with E-state index in [4.69, 9.17) is 9.47 Å². The molecule has 0 aliphatic rings. The average Bonchev–Trinajstić information content (AvgIpc) is 2.70. The number of carbonyl (C=O) groups is 2. The fourth-order valence-electron chi connectivity index (χ4n) is 2.41. The highest BCUT2D eigenvalue weighted by atomic mass is 79.9. The molecule has 0 aromatic heterocycles. The average molecular weight is 440 g/mol. The summed E-state index contributed by atoms with van der Waals surface area (Å²) in [5, 5.41) is 2.80. The van der Waals surface area contributed by atoms with Gasteiger partial charge in [0.05, 0.1) is 0 Å². The molecule has 0 aliphatic heterocycles. The van der Waals surface area contributed by atoms with E-state index in [0.29, 0.717) is 22.7 Å². The Labute approximate surface area is 171 Å². The summed E-state index contributed by atoms with van der Waals surface area (Å²) in [6.45, 7) is 1.72. The van der Waals surface area contributed by atoms with Crippen LogP contribution in [-0.2, 0) is 4.79 Å². The highest BCUT2D eigenvalue weighted by Crippen LogP contribution is 2.21. The minimum Gasteiger partial charge on any atom is -0.482 e. The third kappa shape index (κ3) is 5.44. The summed E-state index contributed by atoms with van der Waals surface area (Å²) in [6, 6.07) is 21.0. The van der Waals surface area contributed by atoms with Gasteiger partial charge in [-0.15, -0.1) is 0 Å². The van der Waals surface area contributed by atoms with Crippen molar-refractivity contribution < 1.29 is 19.1 Å². The maximum atomic E-state index is 12.2. The second-order valence-corrected chi connectivity index (χ2v) is 6.87. The van der Waals surface area contributed by atoms with Gasteiger partial charge in [0.1, 0.15) is 11.5 Å². The number of nitrogens with one attached hydrogen (secondary N) is 1. The van der Waals surface area contributed by atoms with Crippen LogP contribution < -0.4 is 14.8 Å². The van der Waals surface area contributed by atoms with Crippen molar-refractivity contribution in [3.63, 3.8) is 0 Å². The zero-order valence-electron chi connectivity index (χ0n) is 15.1. The van der Waals surface area contributed by atoms with Gasteiger partial charge in [-0.3, -0.25) is 4.79 Å². The van der Waals surface area contributed by atoms with Crippen molar-refractivity contribution in [3.8, 4) is 11.5 Å². The summed E-state index contributed by atoms with van der Waals surface area (Å²) in [4.78, 5) is 24.2. The van der Waals surface area contributed by atoms with Gasteiger partial charge >= 0.3 is 5.97 Å². The maximum Gasteiger partial charge on any atom is 0.349 e. The molecule has 0 unspecified atom stereocenters. The van der Waals surface area contributed by atoms with E-state index in [1.165, 1.54) is 0 Å². The molecule has 0 radical (unpaired) electrons. The number of aryl methyl sites for hydroxylation is 1. The number of benzene rings is 3. The summed E-state index contributed by atoms with van der Waals surface area (Å²) in [5.41, 5.74) is 2.18. The second-order valence-electron chi connectivity index (χ2n) is 6.02. The topological polar surface area (TPSA) is 64.6 Å². The molecule has 0 aliphatic carbocycles. The molecule has 28 heavy (non-hydrogen) atoms. The Morgan fingerprint density at radius 3 is 2.29 bits per heavy atom. The van der Waals surface area contributed by atoms with Crippen LogP contribution in [-0.4, -0.2) is 18.5 Å². The lowest BCUT2D eigenvalue weighted by molar-refractivity contribution is -0.136. The minimum absolute atomic E-state index is 0.211. The molecule has 3 aromatic rings. The van der Waals surface area contributed by atoms with Crippen molar-refractivity contribution in [3.05, 3.63) is 88.4 Å². The van der Waals surface area contributed by atoms with Gasteiger partial charge in [-0.05, 0) is 67.1 Å². The van der Waals surface area contributed by atoms with E-state index < -0.39 is 5.97 Å². The number of amides is 1. The van der Waals surface area contributed by atoms with Crippen molar-refractivity contribution in [1.29, 1.82) is 0 Å². The van der Waals surface area contributed by atoms with Crippen LogP contribution in [0.3, 0.4) is 0 Å². The first kappa shape index (κ1) is 19.6. The summed E-state index contributed by atoms with van der Waals surface area (Å²) >= 11 is 3.41. The van der Waals surface area contributed by atoms with E-state index in [1.54, 1.807) is 42.5 Å². The van der Waals surface area contributed by atoms with Crippen LogP contribution in [0.4, 0.5) is 5.69 Å². The number of carbonyl (C=O) groups excluding carboxylic acids is 2. The molecule has 0 bridgehead atoms. The predicted octanol–water partition coefficient (Wildman–Crippen LogP) is 4.99. The van der Waals surface area contributed by atoms with Crippen LogP contribution in [0.1, 0.15) is 15.9 Å². The Hall–Kier alpha value is -3.12. The van der Waals surface area contributed by atoms with E-state index in [1.807, 2.05) is 37.3 Å². The lowest BCUT2D eigenvalue weighted by Crippen LogP contribution is -2.18. The van der Waals surface area contributed by atoms with Crippen molar-refractivity contribution in [1.82, 2.24) is 0 Å². The quantitative estimate of drug-likeness (QED) is 0.433. The van der Waals surface area contributed by atoms with Crippen LogP contribution in [0, 0.1) is 6.92 Å². The smallest absolute Gasteiger partial charge is 0.349 e. The first-order valence-corrected chi connectivity index (χ1v) is 9.36. The molecule has 5 nitrogen and oxygen atoms in total. The first-order chi connectivity index (χ1) is 13.5. The van der Waals surface area contributed by atoms with Gasteiger partial charge < -0.3 is 14.8 Å². The summed E-state index contributed by atoms with van der Waals surface area (Å²) in [6.07, 6.45) is 0. The number of anilines is 1. The van der Waals surface area contributed by atoms with Crippen LogP contribution >= 0.6 is 15.9 Å². The van der Waals surface area contributed by atoms with E-state index >= 15 is 0 Å². The van der Waals surface area contributed by atoms with E-state index in [0.717, 1.165) is 10.0 Å². The second kappa shape index (κ2) is 9.19. The number of esters is 1. The van der Waals surface area contributed by atoms with E-state index in [-0.39, 0.29) is 12.5 Å². The van der Waals surface area contributed by atoms with E-state index in [9.17, 15) is 9.59 Å². The molecular weight excluding hydrogens is 422 g/mol. The Morgan fingerprint density at radius 2 is 1.61 bits per heavy atom. The number of hydrogen-bond donors (Lipinski definition) is 1. The number of rotatable bonds is 6. The fourth-order valence-corrected chi connectivity index (χ4v) is 2.66. The van der Waals surface area contributed by atoms with Gasteiger partial charge in [-0.25, -0.2) is 4.79 Å². The van der Waals surface area contributed by atoms with Crippen LogP contribution in [0.25, 0.3) is 0 Å². The molecule has 0 saturated heterocycles. The van der Waals surface area contributed by atoms with Gasteiger partial charge in [-0.2, -0.15) is 0 Å². The monoisotopic (exact) mass is 439 g/mol. The van der Waals surface area contributed by atoms with Gasteiger partial charge in [0.15, 0.2) is 6.61 Å². The minimum atomic E-state index is -0.526. The molecule has 3 aromatic carbocycles. The molecule has 6 heteroatoms. The lowest BCUT2D eigenvalue weighted by atomic mass is 10.2. The van der Waals surface area contributed by atoms with Crippen LogP contribution in [0.5, 0.6) is 11.5 Å². The standard InChI is InChI=1S/C22H18BrNO4/c1-15-13-19(11-12-20(15)23)27-14-21(25)28-18-9-7-16(8-10-18)22(26)24-17-5-3-2-4-6-17/h2-13H,14H2,1H3,(H,24,26). The summed E-state index contributed by atoms with van der Waals surface area (Å²) < 4.78 is 11.7. The van der Waals surface area contributed by atoms with Gasteiger partial charge in [0, 0.05) is 15.7 Å². The van der Waals surface area contributed by atoms with E-state index in [2.05, 4.69) is 21.2 Å². The van der Waals surface area contributed by atoms with Crippen molar-refractivity contribution in [2.45, 2.75) is 6.92 Å². The molecule has 0 heterocycles. The molecule has 1 N–H and O–H groups in total. The highest BCUT2D eigenvalue weighted by Gasteiger charge is 2.09. The van der Waals surface area contributed by atoms with Gasteiger partial charge in [0.25, 0.3) is 5.91 Å². The molecule has 0 spiro atoms. The zero-order chi connectivity index (χ0) is 19.9. The molecule has 1 amide bonds. The SMILES string of the molecule is Cc1cc(OCC(=O)Oc2ccc(C(=O)Nc3ccccc3)cc2)ccc1Br. The van der Waals surface area contributed by atoms with Crippen molar-refractivity contribution >= 4 is 33.5 Å². The summed E-state index contributed by atoms with van der Waals surface area (Å²) in [5.74, 6) is 0.169. The Kier molecular flexibility index (Phi) is 6.45. The molecular formula is C22H18BrNO4. The zero-order valence-corrected chi connectivity index (χ0v) is 16.7. The fraction of sp³-hybridized carbons (Fsp3) is 0.0909. The normalized spacial score (nSPS) is 10.2. The molecule has 0 saturated carbocycles. The molecule has 3 rings (SSSR count). The third-order valence-corrected chi connectivity index (χ3v) is 4.76. The predicted molar refractivity (Wildman–Crippen MR) is 111 cm³/mol. The third-order valence-electron chi connectivity index (χ3n) is 3.87. The van der Waals surface area contributed by atoms with Crippen LogP contribution in [0.2, 0.25) is 0 Å². The van der Waals surface area contributed by atoms with Crippen LogP contribution in [0.15, 0.2) is 77.3 Å². The Bertz CT molecular complexity index is 972. The Morgan fingerprint density at radius 1 is 0.929 bits per heavy atom. The van der Waals surface area contributed by atoms with Gasteiger partial charge in [-0.1, -0.05) is 34.1 Å². The number of para-hydroxylation sites is 1. The van der Waals surface area contributed by atoms with Crippen molar-refractivity contribution in [2.24, 2.45) is 0 Å². The van der Waals surface area contributed by atoms with Crippen molar-refractivity contribution in [2.75, 3.05) is 11.9 Å². The maximum absolute atomic E-state index is 12.2. The number of ether oxygens (including phenoxy) is 2. The molecule has 142 valence electrons. The lowest BCUT2D eigenvalue weighted by Gasteiger charge is -2.09. The highest BCUT2D eigenvalue weighted by molar-refractivity contribution is 9.10. The first-order valence-electron chi connectivity index (χ1n) is 8.57. The van der Waals surface area contributed by atoms with Gasteiger partial charge in [0.2, 0.25) is 0 Å². The number of halogens is 1. The molecule has 0 fully saturated rings.